The summed E-state index contributed by atoms with van der Waals surface area (Å²) in [4.78, 5) is 13.7. The SMILES string of the molecule is CNCCCC(=O)NCC(c1ccc(F)cc1)N(C)C.Cl.Cl. The van der Waals surface area contributed by atoms with Gasteiger partial charge in [0.05, 0.1) is 6.04 Å². The maximum Gasteiger partial charge on any atom is 0.220 e. The van der Waals surface area contributed by atoms with Crippen molar-refractivity contribution >= 4 is 30.7 Å². The summed E-state index contributed by atoms with van der Waals surface area (Å²) in [5.74, 6) is -0.198. The van der Waals surface area contributed by atoms with Gasteiger partial charge in [-0.05, 0) is 51.8 Å². The van der Waals surface area contributed by atoms with Crippen LogP contribution in [0.25, 0.3) is 0 Å². The normalized spacial score (nSPS) is 11.3. The number of carbonyl (C=O) groups excluding carboxylic acids is 1. The highest BCUT2D eigenvalue weighted by molar-refractivity contribution is 5.85. The van der Waals surface area contributed by atoms with Crippen LogP contribution in [0.3, 0.4) is 0 Å². The van der Waals surface area contributed by atoms with Gasteiger partial charge in [-0.3, -0.25) is 4.79 Å². The van der Waals surface area contributed by atoms with Gasteiger partial charge in [0.25, 0.3) is 0 Å². The summed E-state index contributed by atoms with van der Waals surface area (Å²) < 4.78 is 12.9. The van der Waals surface area contributed by atoms with Crippen LogP contribution in [0.5, 0.6) is 0 Å². The number of rotatable bonds is 8. The Morgan fingerprint density at radius 1 is 1.23 bits per heavy atom. The molecule has 0 fully saturated rings. The van der Waals surface area contributed by atoms with Crippen molar-refractivity contribution in [1.29, 1.82) is 0 Å². The predicted molar refractivity (Wildman–Crippen MR) is 93.5 cm³/mol. The summed E-state index contributed by atoms with van der Waals surface area (Å²) in [7, 11) is 5.76. The summed E-state index contributed by atoms with van der Waals surface area (Å²) in [6, 6.07) is 6.45. The number of carbonyl (C=O) groups is 1. The molecule has 0 aliphatic carbocycles. The van der Waals surface area contributed by atoms with Crippen molar-refractivity contribution in [1.82, 2.24) is 15.5 Å². The molecular weight excluding hydrogens is 328 g/mol. The number of amides is 1. The quantitative estimate of drug-likeness (QED) is 0.705. The number of hydrogen-bond acceptors (Lipinski definition) is 3. The molecule has 1 unspecified atom stereocenters. The lowest BCUT2D eigenvalue weighted by Gasteiger charge is -2.25. The van der Waals surface area contributed by atoms with E-state index in [0.29, 0.717) is 13.0 Å². The van der Waals surface area contributed by atoms with E-state index < -0.39 is 0 Å². The van der Waals surface area contributed by atoms with E-state index in [4.69, 9.17) is 0 Å². The molecule has 1 aromatic rings. The molecule has 22 heavy (non-hydrogen) atoms. The first-order valence-corrected chi connectivity index (χ1v) is 6.87. The molecule has 4 nitrogen and oxygen atoms in total. The molecule has 128 valence electrons. The molecule has 1 rings (SSSR count). The maximum absolute atomic E-state index is 12.9. The molecule has 7 heteroatoms. The second kappa shape index (κ2) is 12.6. The first-order chi connectivity index (χ1) is 9.54. The van der Waals surface area contributed by atoms with Crippen LogP contribution in [-0.2, 0) is 4.79 Å². The summed E-state index contributed by atoms with van der Waals surface area (Å²) in [6.07, 6.45) is 1.34. The number of nitrogens with one attached hydrogen (secondary N) is 2. The number of benzene rings is 1. The van der Waals surface area contributed by atoms with Crippen LogP contribution >= 0.6 is 24.8 Å². The van der Waals surface area contributed by atoms with Crippen molar-refractivity contribution in [2.45, 2.75) is 18.9 Å². The smallest absolute Gasteiger partial charge is 0.220 e. The second-order valence-electron chi connectivity index (χ2n) is 5.04. The van der Waals surface area contributed by atoms with Crippen LogP contribution in [0, 0.1) is 5.82 Å². The van der Waals surface area contributed by atoms with Crippen molar-refractivity contribution in [3.8, 4) is 0 Å². The minimum atomic E-state index is -0.248. The third kappa shape index (κ3) is 8.54. The molecular formula is C15H26Cl2FN3O. The largest absolute Gasteiger partial charge is 0.354 e. The van der Waals surface area contributed by atoms with Crippen molar-refractivity contribution in [3.63, 3.8) is 0 Å². The molecule has 0 saturated heterocycles. The molecule has 0 spiro atoms. The van der Waals surface area contributed by atoms with E-state index in [1.165, 1.54) is 12.1 Å². The Balaban J connectivity index is 0. The third-order valence-corrected chi connectivity index (χ3v) is 3.20. The highest BCUT2D eigenvalue weighted by atomic mass is 35.5. The van der Waals surface area contributed by atoms with E-state index >= 15 is 0 Å². The van der Waals surface area contributed by atoms with E-state index in [2.05, 4.69) is 10.6 Å². The molecule has 0 aliphatic rings. The standard InChI is InChI=1S/C15H24FN3O.2ClH/c1-17-10-4-5-15(20)18-11-14(19(2)3)12-6-8-13(16)9-7-12;;/h6-9,14,17H,4-5,10-11H2,1-3H3,(H,18,20);2*1H. The minimum Gasteiger partial charge on any atom is -0.354 e. The summed E-state index contributed by atoms with van der Waals surface area (Å²) in [5.41, 5.74) is 0.993. The fourth-order valence-electron chi connectivity index (χ4n) is 2.01. The highest BCUT2D eigenvalue weighted by Gasteiger charge is 2.15. The van der Waals surface area contributed by atoms with Gasteiger partial charge < -0.3 is 15.5 Å². The van der Waals surface area contributed by atoms with Gasteiger partial charge in [0.1, 0.15) is 5.82 Å². The van der Waals surface area contributed by atoms with Crippen LogP contribution < -0.4 is 10.6 Å². The zero-order valence-corrected chi connectivity index (χ0v) is 14.9. The Morgan fingerprint density at radius 2 is 1.82 bits per heavy atom. The lowest BCUT2D eigenvalue weighted by Crippen LogP contribution is -2.34. The van der Waals surface area contributed by atoms with Crippen LogP contribution in [0.2, 0.25) is 0 Å². The van der Waals surface area contributed by atoms with Crippen LogP contribution in [-0.4, -0.2) is 45.0 Å². The van der Waals surface area contributed by atoms with Crippen molar-refractivity contribution in [2.75, 3.05) is 34.2 Å². The summed E-state index contributed by atoms with van der Waals surface area (Å²) >= 11 is 0. The molecule has 1 amide bonds. The number of likely N-dealkylation sites (N-methyl/N-ethyl adjacent to an activating group) is 1. The third-order valence-electron chi connectivity index (χ3n) is 3.20. The van der Waals surface area contributed by atoms with Gasteiger partial charge in [0.15, 0.2) is 0 Å². The Kier molecular flexibility index (Phi) is 13.4. The van der Waals surface area contributed by atoms with Gasteiger partial charge in [0, 0.05) is 13.0 Å². The van der Waals surface area contributed by atoms with Crippen molar-refractivity contribution in [2.24, 2.45) is 0 Å². The van der Waals surface area contributed by atoms with E-state index in [1.807, 2.05) is 26.0 Å². The molecule has 1 aromatic carbocycles. The maximum atomic E-state index is 12.9. The van der Waals surface area contributed by atoms with Crippen molar-refractivity contribution in [3.05, 3.63) is 35.6 Å². The van der Waals surface area contributed by atoms with E-state index in [9.17, 15) is 9.18 Å². The average molecular weight is 354 g/mol. The zero-order chi connectivity index (χ0) is 15.0. The van der Waals surface area contributed by atoms with Crippen LogP contribution in [0.1, 0.15) is 24.4 Å². The van der Waals surface area contributed by atoms with E-state index in [-0.39, 0.29) is 42.6 Å². The Hall–Kier alpha value is -0.880. The monoisotopic (exact) mass is 353 g/mol. The molecule has 1 atom stereocenters. The topological polar surface area (TPSA) is 44.4 Å². The molecule has 0 radical (unpaired) electrons. The van der Waals surface area contributed by atoms with Gasteiger partial charge in [-0.15, -0.1) is 24.8 Å². The fourth-order valence-corrected chi connectivity index (χ4v) is 2.01. The molecule has 0 bridgehead atoms. The van der Waals surface area contributed by atoms with Crippen molar-refractivity contribution < 1.29 is 9.18 Å². The average Bonchev–Trinajstić information content (AvgIpc) is 2.41. The second-order valence-corrected chi connectivity index (χ2v) is 5.04. The molecule has 2 N–H and O–H groups in total. The lowest BCUT2D eigenvalue weighted by atomic mass is 10.1. The number of halogens is 3. The Morgan fingerprint density at radius 3 is 2.32 bits per heavy atom. The van der Waals surface area contributed by atoms with Gasteiger partial charge in [0.2, 0.25) is 5.91 Å². The number of nitrogens with zero attached hydrogens (tertiary/aromatic N) is 1. The minimum absolute atomic E-state index is 0. The van der Waals surface area contributed by atoms with Crippen LogP contribution in [0.15, 0.2) is 24.3 Å². The molecule has 0 aliphatic heterocycles. The van der Waals surface area contributed by atoms with Gasteiger partial charge in [-0.1, -0.05) is 12.1 Å². The predicted octanol–water partition coefficient (Wildman–Crippen LogP) is 2.39. The van der Waals surface area contributed by atoms with Gasteiger partial charge in [-0.2, -0.15) is 0 Å². The summed E-state index contributed by atoms with van der Waals surface area (Å²) in [5, 5.41) is 5.95. The highest BCUT2D eigenvalue weighted by Crippen LogP contribution is 2.17. The van der Waals surface area contributed by atoms with Crippen LogP contribution in [0.4, 0.5) is 4.39 Å². The van der Waals surface area contributed by atoms with E-state index in [0.717, 1.165) is 18.5 Å². The first-order valence-electron chi connectivity index (χ1n) is 6.87. The lowest BCUT2D eigenvalue weighted by molar-refractivity contribution is -0.121. The van der Waals surface area contributed by atoms with Gasteiger partial charge >= 0.3 is 0 Å². The summed E-state index contributed by atoms with van der Waals surface area (Å²) in [6.45, 7) is 1.36. The van der Waals surface area contributed by atoms with E-state index in [1.54, 1.807) is 12.1 Å². The first kappa shape index (κ1) is 23.4. The molecule has 0 saturated carbocycles. The Labute approximate surface area is 144 Å². The Bertz CT molecular complexity index is 416. The molecule has 0 heterocycles. The van der Waals surface area contributed by atoms with Gasteiger partial charge in [-0.25, -0.2) is 4.39 Å². The molecule has 0 aromatic heterocycles. The zero-order valence-electron chi connectivity index (χ0n) is 13.3. The fraction of sp³-hybridized carbons (Fsp3) is 0.533. The number of hydrogen-bond donors (Lipinski definition) is 2.